The molecule has 3 aromatic heterocycles. The van der Waals surface area contributed by atoms with Crippen LogP contribution >= 0.6 is 11.6 Å². The van der Waals surface area contributed by atoms with Gasteiger partial charge in [-0.1, -0.05) is 18.5 Å². The summed E-state index contributed by atoms with van der Waals surface area (Å²) in [6, 6.07) is 11.5. The Balaban J connectivity index is 0.00000135. The number of pyridine rings is 2. The number of ether oxygens (including phenoxy) is 1. The molecular formula is C29H32ClFN8O4. The van der Waals surface area contributed by atoms with Gasteiger partial charge in [-0.05, 0) is 55.8 Å². The third kappa shape index (κ3) is 7.07. The van der Waals surface area contributed by atoms with Crippen molar-refractivity contribution in [1.29, 1.82) is 0 Å². The molecule has 1 saturated heterocycles. The predicted octanol–water partition coefficient (Wildman–Crippen LogP) is 4.02. The smallest absolute Gasteiger partial charge is 0.290 e. The number of amides is 1. The number of piperazine rings is 1. The Morgan fingerprint density at radius 2 is 2.02 bits per heavy atom. The number of carbonyl (C=O) groups is 2. The highest BCUT2D eigenvalue weighted by Gasteiger charge is 2.32. The van der Waals surface area contributed by atoms with Crippen LogP contribution in [-0.2, 0) is 11.3 Å². The average molecular weight is 611 g/mol. The number of carbonyl (C=O) groups excluding carboxylic acids is 1. The minimum Gasteiger partial charge on any atom is -0.483 e. The number of nitrogens with two attached hydrogens (primary N) is 1. The van der Waals surface area contributed by atoms with Crippen molar-refractivity contribution in [3.63, 3.8) is 0 Å². The van der Waals surface area contributed by atoms with Crippen LogP contribution in [0.5, 0.6) is 5.88 Å². The van der Waals surface area contributed by atoms with Gasteiger partial charge in [-0.3, -0.25) is 14.7 Å². The Labute approximate surface area is 252 Å². The summed E-state index contributed by atoms with van der Waals surface area (Å²) in [6.07, 6.45) is 2.44. The van der Waals surface area contributed by atoms with Crippen molar-refractivity contribution in [2.75, 3.05) is 31.1 Å². The zero-order chi connectivity index (χ0) is 30.9. The normalized spacial score (nSPS) is 14.6. The molecule has 0 spiro atoms. The number of halogens is 2. The quantitative estimate of drug-likeness (QED) is 0.248. The fourth-order valence-electron chi connectivity index (χ4n) is 4.87. The number of nitrogens with one attached hydrogen (secondary N) is 1. The molecule has 0 radical (unpaired) electrons. The second kappa shape index (κ2) is 14.5. The maximum absolute atomic E-state index is 13.6. The van der Waals surface area contributed by atoms with E-state index < -0.39 is 5.82 Å². The molecule has 4 N–H and O–H groups in total. The van der Waals surface area contributed by atoms with Crippen molar-refractivity contribution in [3.05, 3.63) is 70.9 Å². The molecule has 1 aliphatic rings. The van der Waals surface area contributed by atoms with Crippen molar-refractivity contribution >= 4 is 29.7 Å². The number of carboxylic acid groups (broad SMARTS) is 1. The molecule has 0 bridgehead atoms. The van der Waals surface area contributed by atoms with Gasteiger partial charge in [0.05, 0.1) is 40.7 Å². The molecule has 0 saturated carbocycles. The fourth-order valence-corrected chi connectivity index (χ4v) is 5.12. The van der Waals surface area contributed by atoms with Crippen molar-refractivity contribution in [2.45, 2.75) is 32.9 Å². The van der Waals surface area contributed by atoms with Gasteiger partial charge in [0.25, 0.3) is 12.4 Å². The van der Waals surface area contributed by atoms with Crippen molar-refractivity contribution in [2.24, 2.45) is 5.73 Å². The molecule has 4 aromatic rings. The first-order valence-electron chi connectivity index (χ1n) is 13.6. The maximum atomic E-state index is 13.6. The summed E-state index contributed by atoms with van der Waals surface area (Å²) in [7, 11) is 0. The van der Waals surface area contributed by atoms with Crippen LogP contribution in [0.1, 0.15) is 36.5 Å². The summed E-state index contributed by atoms with van der Waals surface area (Å²) in [5.41, 5.74) is 8.93. The van der Waals surface area contributed by atoms with E-state index in [1.165, 1.54) is 12.1 Å². The van der Waals surface area contributed by atoms with Crippen LogP contribution in [0, 0.1) is 5.82 Å². The Morgan fingerprint density at radius 1 is 1.23 bits per heavy atom. The van der Waals surface area contributed by atoms with E-state index in [9.17, 15) is 9.18 Å². The lowest BCUT2D eigenvalue weighted by Gasteiger charge is -2.43. The van der Waals surface area contributed by atoms with Gasteiger partial charge in [-0.25, -0.2) is 19.3 Å². The molecule has 226 valence electrons. The third-order valence-electron chi connectivity index (χ3n) is 6.85. The zero-order valence-corrected chi connectivity index (χ0v) is 24.5. The molecule has 1 aliphatic heterocycles. The number of H-pyrrole nitrogens is 1. The van der Waals surface area contributed by atoms with Gasteiger partial charge in [-0.2, -0.15) is 5.10 Å². The van der Waals surface area contributed by atoms with Crippen LogP contribution in [-0.4, -0.2) is 79.8 Å². The molecule has 1 aromatic carbocycles. The molecule has 4 heterocycles. The van der Waals surface area contributed by atoms with Crippen LogP contribution in [0.4, 0.5) is 10.1 Å². The Morgan fingerprint density at radius 3 is 2.70 bits per heavy atom. The Bertz CT molecular complexity index is 1570. The Hall–Kier alpha value is -4.62. The monoisotopic (exact) mass is 610 g/mol. The molecule has 12 nitrogen and oxygen atoms in total. The number of hydrogen-bond donors (Lipinski definition) is 3. The molecule has 1 fully saturated rings. The van der Waals surface area contributed by atoms with E-state index in [0.717, 1.165) is 23.7 Å². The highest BCUT2D eigenvalue weighted by atomic mass is 35.5. The highest BCUT2D eigenvalue weighted by molar-refractivity contribution is 6.33. The van der Waals surface area contributed by atoms with Gasteiger partial charge < -0.3 is 25.4 Å². The number of aromatic amines is 1. The van der Waals surface area contributed by atoms with E-state index in [1.807, 2.05) is 31.2 Å². The largest absolute Gasteiger partial charge is 0.483 e. The van der Waals surface area contributed by atoms with E-state index >= 15 is 0 Å². The zero-order valence-electron chi connectivity index (χ0n) is 23.7. The first-order valence-corrected chi connectivity index (χ1v) is 14.0. The van der Waals surface area contributed by atoms with Crippen LogP contribution in [0.25, 0.3) is 22.8 Å². The van der Waals surface area contributed by atoms with E-state index in [1.54, 1.807) is 11.1 Å². The van der Waals surface area contributed by atoms with E-state index in [4.69, 9.17) is 37.0 Å². The standard InChI is InChI=1S/C28H30ClFN8O2.CH2O2/c1-3-18-16-37(28(39)19-8-7-17(30)14-21(19)29)12-13-38(18)23-10-9-22(20-6-5-11-32-27(20)40-4-2)33-25(23)26-34-24(15-31)35-36-26;2-1-3/h5-11,14,18H,3-4,12-13,15-16,31H2,1-2H3,(H,34,35,36);1H,(H,2,3)/t18-;/m1./s1. The number of rotatable bonds is 8. The summed E-state index contributed by atoms with van der Waals surface area (Å²) < 4.78 is 19.3. The lowest BCUT2D eigenvalue weighted by atomic mass is 10.0. The average Bonchev–Trinajstić information content (AvgIpc) is 3.50. The summed E-state index contributed by atoms with van der Waals surface area (Å²) in [5.74, 6) is 0.754. The molecule has 5 rings (SSSR count). The number of benzene rings is 1. The van der Waals surface area contributed by atoms with Crippen LogP contribution in [0.3, 0.4) is 0 Å². The van der Waals surface area contributed by atoms with Gasteiger partial charge in [0.1, 0.15) is 17.3 Å². The molecule has 43 heavy (non-hydrogen) atoms. The summed E-state index contributed by atoms with van der Waals surface area (Å²) >= 11 is 6.19. The molecule has 14 heteroatoms. The van der Waals surface area contributed by atoms with Gasteiger partial charge in [0.2, 0.25) is 11.7 Å². The topological polar surface area (TPSA) is 163 Å². The molecule has 1 atom stereocenters. The molecular weight excluding hydrogens is 579 g/mol. The SMILES string of the molecule is CCOc1ncccc1-c1ccc(N2CCN(C(=O)c3ccc(F)cc3Cl)C[C@H]2CC)c(-c2n[nH]c(CN)n2)n1.O=CO. The van der Waals surface area contributed by atoms with E-state index in [2.05, 4.69) is 32.0 Å². The van der Waals surface area contributed by atoms with Crippen LogP contribution in [0.2, 0.25) is 5.02 Å². The summed E-state index contributed by atoms with van der Waals surface area (Å²) in [5, 5.41) is 14.3. The van der Waals surface area contributed by atoms with E-state index in [-0.39, 0.29) is 35.6 Å². The van der Waals surface area contributed by atoms with Gasteiger partial charge >= 0.3 is 0 Å². The van der Waals surface area contributed by atoms with Crippen LogP contribution in [0.15, 0.2) is 48.7 Å². The number of anilines is 1. The molecule has 1 amide bonds. The molecule has 0 unspecified atom stereocenters. The summed E-state index contributed by atoms with van der Waals surface area (Å²) in [6.45, 7) is 5.86. The second-order valence-corrected chi connectivity index (χ2v) is 9.81. The first kappa shape index (κ1) is 31.3. The number of nitrogens with zero attached hydrogens (tertiary/aromatic N) is 6. The lowest BCUT2D eigenvalue weighted by Crippen LogP contribution is -2.55. The van der Waals surface area contributed by atoms with Crippen molar-refractivity contribution in [3.8, 4) is 28.7 Å². The lowest BCUT2D eigenvalue weighted by molar-refractivity contribution is -0.122. The first-order chi connectivity index (χ1) is 20.8. The number of hydrogen-bond acceptors (Lipinski definition) is 9. The fraction of sp³-hybridized carbons (Fsp3) is 0.310. The Kier molecular flexibility index (Phi) is 10.6. The van der Waals surface area contributed by atoms with Gasteiger partial charge in [-0.15, -0.1) is 0 Å². The predicted molar refractivity (Wildman–Crippen MR) is 159 cm³/mol. The van der Waals surface area contributed by atoms with Crippen molar-refractivity contribution in [1.82, 2.24) is 30.0 Å². The van der Waals surface area contributed by atoms with Crippen molar-refractivity contribution < 1.29 is 23.8 Å². The molecule has 0 aliphatic carbocycles. The maximum Gasteiger partial charge on any atom is 0.290 e. The van der Waals surface area contributed by atoms with E-state index in [0.29, 0.717) is 55.2 Å². The number of aromatic nitrogens is 5. The minimum atomic E-state index is -0.481. The summed E-state index contributed by atoms with van der Waals surface area (Å²) in [4.78, 5) is 39.5. The van der Waals surface area contributed by atoms with Gasteiger partial charge in [0.15, 0.2) is 0 Å². The van der Waals surface area contributed by atoms with Crippen LogP contribution < -0.4 is 15.4 Å². The highest BCUT2D eigenvalue weighted by Crippen LogP contribution is 2.35. The second-order valence-electron chi connectivity index (χ2n) is 9.40. The van der Waals surface area contributed by atoms with Gasteiger partial charge in [0, 0.05) is 31.9 Å². The third-order valence-corrected chi connectivity index (χ3v) is 7.16. The minimum absolute atomic E-state index is 0.0198.